The summed E-state index contributed by atoms with van der Waals surface area (Å²) >= 11 is 1.71. The molecule has 7 heteroatoms. The van der Waals surface area contributed by atoms with Crippen LogP contribution in [0.25, 0.3) is 0 Å². The molecule has 6 nitrogen and oxygen atoms in total. The zero-order valence-corrected chi connectivity index (χ0v) is 15.9. The summed E-state index contributed by atoms with van der Waals surface area (Å²) in [6.45, 7) is 3.69. The zero-order chi connectivity index (χ0) is 18.5. The molecule has 2 heterocycles. The van der Waals surface area contributed by atoms with E-state index in [1.54, 1.807) is 11.8 Å². The fourth-order valence-electron chi connectivity index (χ4n) is 2.80. The largest absolute Gasteiger partial charge is 0.493 e. The maximum Gasteiger partial charge on any atom is 0.231 e. The third-order valence-electron chi connectivity index (χ3n) is 4.22. The molecule has 4 rings (SSSR count). The highest BCUT2D eigenvalue weighted by Gasteiger charge is 2.14. The Labute approximate surface area is 162 Å². The molecule has 0 amide bonds. The molecule has 140 valence electrons. The number of hydrogen-bond acceptors (Lipinski definition) is 6. The number of aryl methyl sites for hydroxylation is 1. The van der Waals surface area contributed by atoms with Gasteiger partial charge in [0.25, 0.3) is 0 Å². The van der Waals surface area contributed by atoms with Gasteiger partial charge < -0.3 is 18.8 Å². The monoisotopic (exact) mass is 383 g/mol. The molecular weight excluding hydrogens is 362 g/mol. The minimum atomic E-state index is 0.276. The Morgan fingerprint density at radius 1 is 1.07 bits per heavy atom. The summed E-state index contributed by atoms with van der Waals surface area (Å²) in [6.07, 6.45) is 0.913. The van der Waals surface area contributed by atoms with Gasteiger partial charge in [-0.1, -0.05) is 42.1 Å². The SMILES string of the molecule is Cc1nnc(SCCCOc2ccc3c(c2)OCO3)n1Cc1ccccc1. The smallest absolute Gasteiger partial charge is 0.231 e. The first kappa shape index (κ1) is 17.7. The van der Waals surface area contributed by atoms with Crippen LogP contribution in [-0.2, 0) is 6.54 Å². The molecule has 0 N–H and O–H groups in total. The normalized spacial score (nSPS) is 12.3. The number of thioether (sulfide) groups is 1. The number of aromatic nitrogens is 3. The van der Waals surface area contributed by atoms with Crippen molar-refractivity contribution >= 4 is 11.8 Å². The summed E-state index contributed by atoms with van der Waals surface area (Å²) in [5, 5.41) is 9.48. The molecule has 27 heavy (non-hydrogen) atoms. The van der Waals surface area contributed by atoms with Gasteiger partial charge in [0.05, 0.1) is 13.2 Å². The second-order valence-electron chi connectivity index (χ2n) is 6.17. The lowest BCUT2D eigenvalue weighted by Gasteiger charge is -2.09. The van der Waals surface area contributed by atoms with Crippen LogP contribution in [0.5, 0.6) is 17.2 Å². The lowest BCUT2D eigenvalue weighted by Crippen LogP contribution is -2.05. The molecule has 0 atom stereocenters. The molecule has 0 saturated heterocycles. The minimum absolute atomic E-state index is 0.276. The van der Waals surface area contributed by atoms with Crippen molar-refractivity contribution in [2.75, 3.05) is 19.2 Å². The Bertz CT molecular complexity index is 899. The van der Waals surface area contributed by atoms with Crippen molar-refractivity contribution in [3.05, 3.63) is 59.9 Å². The molecule has 0 aliphatic carbocycles. The molecule has 1 aromatic heterocycles. The maximum absolute atomic E-state index is 5.81. The minimum Gasteiger partial charge on any atom is -0.493 e. The third kappa shape index (κ3) is 4.36. The predicted molar refractivity (Wildman–Crippen MR) is 104 cm³/mol. The topological polar surface area (TPSA) is 58.4 Å². The quantitative estimate of drug-likeness (QED) is 0.434. The third-order valence-corrected chi connectivity index (χ3v) is 5.27. The number of hydrogen-bond donors (Lipinski definition) is 0. The first-order valence-corrected chi connectivity index (χ1v) is 9.87. The number of nitrogens with zero attached hydrogens (tertiary/aromatic N) is 3. The number of rotatable bonds is 8. The van der Waals surface area contributed by atoms with Crippen LogP contribution in [0, 0.1) is 6.92 Å². The Hall–Kier alpha value is -2.67. The van der Waals surface area contributed by atoms with Crippen molar-refractivity contribution in [2.24, 2.45) is 0 Å². The van der Waals surface area contributed by atoms with Crippen LogP contribution in [0.3, 0.4) is 0 Å². The first-order valence-electron chi connectivity index (χ1n) is 8.88. The number of ether oxygens (including phenoxy) is 3. The average molecular weight is 383 g/mol. The molecule has 1 aliphatic rings. The molecule has 0 unspecified atom stereocenters. The molecular formula is C20H21N3O3S. The van der Waals surface area contributed by atoms with E-state index in [1.807, 2.05) is 31.2 Å². The number of benzene rings is 2. The Balaban J connectivity index is 1.26. The zero-order valence-electron chi connectivity index (χ0n) is 15.1. The van der Waals surface area contributed by atoms with Gasteiger partial charge in [0.15, 0.2) is 16.7 Å². The van der Waals surface area contributed by atoms with Gasteiger partial charge in [0.2, 0.25) is 6.79 Å². The fourth-order valence-corrected chi connectivity index (χ4v) is 3.69. The highest BCUT2D eigenvalue weighted by Crippen LogP contribution is 2.35. The van der Waals surface area contributed by atoms with Crippen molar-refractivity contribution in [1.82, 2.24) is 14.8 Å². The second kappa shape index (κ2) is 8.35. The second-order valence-corrected chi connectivity index (χ2v) is 7.23. The van der Waals surface area contributed by atoms with Gasteiger partial charge in [0.1, 0.15) is 11.6 Å². The highest BCUT2D eigenvalue weighted by molar-refractivity contribution is 7.99. The Morgan fingerprint density at radius 2 is 1.93 bits per heavy atom. The van der Waals surface area contributed by atoms with Crippen LogP contribution in [0.4, 0.5) is 0 Å². The van der Waals surface area contributed by atoms with Gasteiger partial charge in [0, 0.05) is 11.8 Å². The highest BCUT2D eigenvalue weighted by atomic mass is 32.2. The van der Waals surface area contributed by atoms with E-state index in [2.05, 4.69) is 39.0 Å². The summed E-state index contributed by atoms with van der Waals surface area (Å²) in [4.78, 5) is 0. The molecule has 0 fully saturated rings. The van der Waals surface area contributed by atoms with E-state index in [1.165, 1.54) is 5.56 Å². The summed E-state index contributed by atoms with van der Waals surface area (Å²) in [5.41, 5.74) is 1.24. The molecule has 0 radical (unpaired) electrons. The Morgan fingerprint density at radius 3 is 2.81 bits per heavy atom. The maximum atomic E-state index is 5.81. The molecule has 3 aromatic rings. The first-order chi connectivity index (χ1) is 13.3. The van der Waals surface area contributed by atoms with Gasteiger partial charge >= 0.3 is 0 Å². The average Bonchev–Trinajstić information content (AvgIpc) is 3.29. The molecule has 0 bridgehead atoms. The van der Waals surface area contributed by atoms with Crippen LogP contribution < -0.4 is 14.2 Å². The van der Waals surface area contributed by atoms with Crippen molar-refractivity contribution < 1.29 is 14.2 Å². The van der Waals surface area contributed by atoms with Crippen LogP contribution in [-0.4, -0.2) is 33.9 Å². The lowest BCUT2D eigenvalue weighted by atomic mass is 10.2. The van der Waals surface area contributed by atoms with Crippen molar-refractivity contribution in [3.8, 4) is 17.2 Å². The molecule has 0 saturated carbocycles. The van der Waals surface area contributed by atoms with Crippen LogP contribution in [0.15, 0.2) is 53.7 Å². The van der Waals surface area contributed by atoms with Crippen molar-refractivity contribution in [3.63, 3.8) is 0 Å². The summed E-state index contributed by atoms with van der Waals surface area (Å²) in [6, 6.07) is 16.0. The summed E-state index contributed by atoms with van der Waals surface area (Å²) < 4.78 is 18.6. The van der Waals surface area contributed by atoms with E-state index in [9.17, 15) is 0 Å². The van der Waals surface area contributed by atoms with E-state index < -0.39 is 0 Å². The predicted octanol–water partition coefficient (Wildman–Crippen LogP) is 3.92. The molecule has 0 spiro atoms. The van der Waals surface area contributed by atoms with Gasteiger partial charge in [-0.15, -0.1) is 10.2 Å². The van der Waals surface area contributed by atoms with Gasteiger partial charge in [-0.05, 0) is 31.0 Å². The van der Waals surface area contributed by atoms with Crippen molar-refractivity contribution in [2.45, 2.75) is 25.0 Å². The summed E-state index contributed by atoms with van der Waals surface area (Å²) in [5.74, 6) is 4.15. The Kier molecular flexibility index (Phi) is 5.48. The van der Waals surface area contributed by atoms with Gasteiger partial charge in [-0.2, -0.15) is 0 Å². The van der Waals surface area contributed by atoms with Gasteiger partial charge in [-0.3, -0.25) is 0 Å². The van der Waals surface area contributed by atoms with E-state index in [-0.39, 0.29) is 6.79 Å². The molecule has 1 aliphatic heterocycles. The van der Waals surface area contributed by atoms with E-state index >= 15 is 0 Å². The summed E-state index contributed by atoms with van der Waals surface area (Å²) in [7, 11) is 0. The standard InChI is InChI=1S/C20H21N3O3S/c1-15-21-22-20(23(15)13-16-6-3-2-4-7-16)27-11-5-10-24-17-8-9-18-19(12-17)26-14-25-18/h2-4,6-9,12H,5,10-11,13-14H2,1H3. The van der Waals surface area contributed by atoms with Crippen LogP contribution in [0.2, 0.25) is 0 Å². The van der Waals surface area contributed by atoms with Gasteiger partial charge in [-0.25, -0.2) is 0 Å². The van der Waals surface area contributed by atoms with Crippen LogP contribution in [0.1, 0.15) is 17.8 Å². The number of fused-ring (bicyclic) bond motifs is 1. The van der Waals surface area contributed by atoms with E-state index in [4.69, 9.17) is 14.2 Å². The van der Waals surface area contributed by atoms with E-state index in [0.29, 0.717) is 6.61 Å². The fraction of sp³-hybridized carbons (Fsp3) is 0.300. The molecule has 2 aromatic carbocycles. The van der Waals surface area contributed by atoms with Crippen molar-refractivity contribution in [1.29, 1.82) is 0 Å². The van der Waals surface area contributed by atoms with Crippen LogP contribution >= 0.6 is 11.8 Å². The lowest BCUT2D eigenvalue weighted by molar-refractivity contribution is 0.173. The van der Waals surface area contributed by atoms with E-state index in [0.717, 1.165) is 46.9 Å².